The molecule has 2 aliphatic heterocycles. The average Bonchev–Trinajstić information content (AvgIpc) is 3.36. The monoisotopic (exact) mass is 445 g/mol. The molecule has 4 atom stereocenters. The lowest BCUT2D eigenvalue weighted by molar-refractivity contribution is -0.131. The molecule has 0 N–H and O–H groups in total. The lowest BCUT2D eigenvalue weighted by Crippen LogP contribution is -2.41. The standard InChI is InChI=1S/C21H20ClN3O4S/c1-2-28-13-5-3-4-11(8-13)17-16-18(26)14-9-12(22)6-7-15(14)29-19(16)20(27)25(17)21-24-23-10-30-21/h3-5,8,10,12,14-15,17H,2,6-7,9H2,1H3. The number of halogens is 1. The fourth-order valence-corrected chi connectivity index (χ4v) is 5.44. The summed E-state index contributed by atoms with van der Waals surface area (Å²) in [6.45, 7) is 2.42. The fraction of sp³-hybridized carbons (Fsp3) is 0.429. The van der Waals surface area contributed by atoms with Crippen molar-refractivity contribution >= 4 is 39.8 Å². The van der Waals surface area contributed by atoms with Gasteiger partial charge < -0.3 is 9.47 Å². The molecule has 5 rings (SSSR count). The maximum absolute atomic E-state index is 13.6. The zero-order valence-corrected chi connectivity index (χ0v) is 17.9. The number of rotatable bonds is 4. The molecule has 4 unspecified atom stereocenters. The molecule has 3 aliphatic rings. The second-order valence-electron chi connectivity index (χ2n) is 7.58. The molecule has 0 saturated heterocycles. The molecule has 0 bridgehead atoms. The van der Waals surface area contributed by atoms with Crippen molar-refractivity contribution in [1.82, 2.24) is 10.2 Å². The number of aromatic nitrogens is 2. The summed E-state index contributed by atoms with van der Waals surface area (Å²) in [4.78, 5) is 28.5. The van der Waals surface area contributed by atoms with Gasteiger partial charge in [-0.25, -0.2) is 0 Å². The maximum atomic E-state index is 13.6. The quantitative estimate of drug-likeness (QED) is 0.668. The van der Waals surface area contributed by atoms with E-state index in [-0.39, 0.29) is 34.8 Å². The van der Waals surface area contributed by atoms with Crippen LogP contribution in [-0.2, 0) is 14.3 Å². The number of ketones is 1. The van der Waals surface area contributed by atoms with Gasteiger partial charge in [0, 0.05) is 5.38 Å². The molecule has 3 heterocycles. The Labute approximate surface area is 182 Å². The Balaban J connectivity index is 1.63. The fourth-order valence-electron chi connectivity index (χ4n) is 4.54. The van der Waals surface area contributed by atoms with Gasteiger partial charge in [-0.2, -0.15) is 0 Å². The van der Waals surface area contributed by atoms with Crippen LogP contribution in [0.2, 0.25) is 0 Å². The first-order chi connectivity index (χ1) is 14.6. The molecule has 7 nitrogen and oxygen atoms in total. The van der Waals surface area contributed by atoms with Gasteiger partial charge >= 0.3 is 0 Å². The number of nitrogens with zero attached hydrogens (tertiary/aromatic N) is 3. The van der Waals surface area contributed by atoms with Gasteiger partial charge in [0.1, 0.15) is 17.4 Å². The van der Waals surface area contributed by atoms with Crippen LogP contribution in [0.3, 0.4) is 0 Å². The number of hydrogen-bond acceptors (Lipinski definition) is 7. The highest BCUT2D eigenvalue weighted by Crippen LogP contribution is 2.49. The third kappa shape index (κ3) is 3.09. The summed E-state index contributed by atoms with van der Waals surface area (Å²) in [6.07, 6.45) is 1.69. The number of amides is 1. The molecule has 1 saturated carbocycles. The van der Waals surface area contributed by atoms with Crippen molar-refractivity contribution in [1.29, 1.82) is 0 Å². The van der Waals surface area contributed by atoms with Crippen LogP contribution in [0.1, 0.15) is 37.8 Å². The van der Waals surface area contributed by atoms with Gasteiger partial charge in [-0.15, -0.1) is 21.8 Å². The smallest absolute Gasteiger partial charge is 0.296 e. The lowest BCUT2D eigenvalue weighted by atomic mass is 9.77. The first kappa shape index (κ1) is 19.5. The van der Waals surface area contributed by atoms with Gasteiger partial charge in [-0.3, -0.25) is 14.5 Å². The molecule has 1 aromatic heterocycles. The second kappa shape index (κ2) is 7.67. The van der Waals surface area contributed by atoms with Crippen LogP contribution in [-0.4, -0.2) is 40.0 Å². The maximum Gasteiger partial charge on any atom is 0.296 e. The Bertz CT molecular complexity index is 1030. The number of hydrogen-bond donors (Lipinski definition) is 0. The number of Topliss-reactive ketones (excluding diaryl/α,β-unsaturated/α-hetero) is 1. The van der Waals surface area contributed by atoms with E-state index in [9.17, 15) is 9.59 Å². The van der Waals surface area contributed by atoms with Crippen LogP contribution < -0.4 is 9.64 Å². The molecular formula is C21H20ClN3O4S. The van der Waals surface area contributed by atoms with Gasteiger partial charge in [0.05, 0.1) is 24.1 Å². The lowest BCUT2D eigenvalue weighted by Gasteiger charge is -2.37. The minimum atomic E-state index is -0.634. The van der Waals surface area contributed by atoms with E-state index < -0.39 is 6.04 Å². The van der Waals surface area contributed by atoms with E-state index in [4.69, 9.17) is 21.1 Å². The summed E-state index contributed by atoms with van der Waals surface area (Å²) in [5, 5.41) is 8.35. The third-order valence-corrected chi connectivity index (χ3v) is 6.91. The molecule has 0 radical (unpaired) electrons. The highest BCUT2D eigenvalue weighted by Gasteiger charge is 2.53. The van der Waals surface area contributed by atoms with Crippen molar-refractivity contribution < 1.29 is 19.1 Å². The number of anilines is 1. The molecule has 0 spiro atoms. The highest BCUT2D eigenvalue weighted by molar-refractivity contribution is 7.13. The van der Waals surface area contributed by atoms with Gasteiger partial charge in [-0.1, -0.05) is 23.5 Å². The van der Waals surface area contributed by atoms with Crippen molar-refractivity contribution in [3.63, 3.8) is 0 Å². The van der Waals surface area contributed by atoms with Crippen molar-refractivity contribution in [2.75, 3.05) is 11.5 Å². The van der Waals surface area contributed by atoms with Crippen LogP contribution in [0.25, 0.3) is 0 Å². The molecule has 156 valence electrons. The zero-order chi connectivity index (χ0) is 20.8. The van der Waals surface area contributed by atoms with E-state index in [2.05, 4.69) is 10.2 Å². The third-order valence-electron chi connectivity index (χ3n) is 5.82. The van der Waals surface area contributed by atoms with E-state index in [0.717, 1.165) is 12.0 Å². The van der Waals surface area contributed by atoms with E-state index in [1.807, 2.05) is 31.2 Å². The summed E-state index contributed by atoms with van der Waals surface area (Å²) >= 11 is 7.60. The van der Waals surface area contributed by atoms with E-state index >= 15 is 0 Å². The van der Waals surface area contributed by atoms with Crippen LogP contribution in [0, 0.1) is 5.92 Å². The highest BCUT2D eigenvalue weighted by atomic mass is 35.5. The molecule has 30 heavy (non-hydrogen) atoms. The number of benzene rings is 1. The normalized spacial score (nSPS) is 28.3. The summed E-state index contributed by atoms with van der Waals surface area (Å²) < 4.78 is 11.8. The van der Waals surface area contributed by atoms with E-state index in [1.165, 1.54) is 16.2 Å². The van der Waals surface area contributed by atoms with Crippen molar-refractivity contribution in [2.45, 2.75) is 43.7 Å². The Morgan fingerprint density at radius 3 is 2.97 bits per heavy atom. The Hall–Kier alpha value is -2.45. The van der Waals surface area contributed by atoms with Crippen molar-refractivity contribution in [3.8, 4) is 5.75 Å². The van der Waals surface area contributed by atoms with Crippen LogP contribution in [0.4, 0.5) is 5.13 Å². The van der Waals surface area contributed by atoms with Gasteiger partial charge in [0.15, 0.2) is 11.5 Å². The first-order valence-corrected chi connectivity index (χ1v) is 11.3. The number of fused-ring (bicyclic) bond motifs is 1. The van der Waals surface area contributed by atoms with Crippen molar-refractivity contribution in [3.05, 3.63) is 46.7 Å². The number of alkyl halides is 1. The number of carbonyl (C=O) groups is 2. The van der Waals surface area contributed by atoms with E-state index in [1.54, 1.807) is 5.51 Å². The molecule has 1 aromatic carbocycles. The summed E-state index contributed by atoms with van der Waals surface area (Å²) in [6, 6.07) is 6.81. The Morgan fingerprint density at radius 1 is 1.33 bits per heavy atom. The average molecular weight is 446 g/mol. The van der Waals surface area contributed by atoms with Crippen LogP contribution in [0.15, 0.2) is 41.1 Å². The SMILES string of the molecule is CCOc1cccc(C2C3=C(OC4CCC(Cl)CC4C3=O)C(=O)N2c2nncs2)c1. The number of ether oxygens (including phenoxy) is 2. The summed E-state index contributed by atoms with van der Waals surface area (Å²) in [5.74, 6) is 0.0671. The minimum absolute atomic E-state index is 0.0567. The zero-order valence-electron chi connectivity index (χ0n) is 16.3. The molecule has 2 aromatic rings. The molecule has 1 fully saturated rings. The van der Waals surface area contributed by atoms with Gasteiger partial charge in [0.25, 0.3) is 5.91 Å². The van der Waals surface area contributed by atoms with Crippen molar-refractivity contribution in [2.24, 2.45) is 5.92 Å². The van der Waals surface area contributed by atoms with Crippen LogP contribution >= 0.6 is 22.9 Å². The summed E-state index contributed by atoms with van der Waals surface area (Å²) in [5.41, 5.74) is 2.72. The molecule has 1 aliphatic carbocycles. The summed E-state index contributed by atoms with van der Waals surface area (Å²) in [7, 11) is 0. The minimum Gasteiger partial charge on any atom is -0.494 e. The second-order valence-corrected chi connectivity index (χ2v) is 9.01. The van der Waals surface area contributed by atoms with Gasteiger partial charge in [-0.05, 0) is 43.9 Å². The Kier molecular flexibility index (Phi) is 4.99. The molecule has 1 amide bonds. The molecular weight excluding hydrogens is 426 g/mol. The van der Waals surface area contributed by atoms with Crippen LogP contribution in [0.5, 0.6) is 5.75 Å². The Morgan fingerprint density at radius 2 is 2.20 bits per heavy atom. The molecule has 9 heteroatoms. The van der Waals surface area contributed by atoms with E-state index in [0.29, 0.717) is 35.9 Å². The van der Waals surface area contributed by atoms with Gasteiger partial charge in [0.2, 0.25) is 5.13 Å². The predicted octanol–water partition coefficient (Wildman–Crippen LogP) is 3.65. The topological polar surface area (TPSA) is 81.6 Å². The number of carbonyl (C=O) groups excluding carboxylic acids is 2. The predicted molar refractivity (Wildman–Crippen MR) is 112 cm³/mol. The largest absolute Gasteiger partial charge is 0.494 e. The first-order valence-electron chi connectivity index (χ1n) is 10.00.